The van der Waals surface area contributed by atoms with Crippen LogP contribution in [0.25, 0.3) is 0 Å². The fourth-order valence-corrected chi connectivity index (χ4v) is 5.26. The van der Waals surface area contributed by atoms with Crippen molar-refractivity contribution in [2.24, 2.45) is 5.92 Å². The molecule has 8 heteroatoms. The molecule has 2 aliphatic heterocycles. The van der Waals surface area contributed by atoms with E-state index in [2.05, 4.69) is 24.1 Å². The van der Waals surface area contributed by atoms with Crippen molar-refractivity contribution in [3.8, 4) is 17.2 Å². The minimum absolute atomic E-state index is 0.0349. The molecule has 8 nitrogen and oxygen atoms in total. The van der Waals surface area contributed by atoms with E-state index in [1.54, 1.807) is 14.0 Å². The van der Waals surface area contributed by atoms with Crippen molar-refractivity contribution in [1.29, 1.82) is 0 Å². The van der Waals surface area contributed by atoms with Gasteiger partial charge in [-0.15, -0.1) is 0 Å². The Morgan fingerprint density at radius 2 is 1.79 bits per heavy atom. The summed E-state index contributed by atoms with van der Waals surface area (Å²) in [7, 11) is 1.58. The maximum atomic E-state index is 13.3. The van der Waals surface area contributed by atoms with Crippen molar-refractivity contribution in [3.05, 3.63) is 47.0 Å². The summed E-state index contributed by atoms with van der Waals surface area (Å²) >= 11 is 0. The zero-order chi connectivity index (χ0) is 27.1. The predicted octanol–water partition coefficient (Wildman–Crippen LogP) is 5.13. The highest BCUT2D eigenvalue weighted by atomic mass is 16.7. The van der Waals surface area contributed by atoms with Crippen LogP contribution in [0.3, 0.4) is 0 Å². The van der Waals surface area contributed by atoms with E-state index in [-0.39, 0.29) is 18.6 Å². The number of methoxy groups -OCH3 is 1. The molecule has 0 saturated carbocycles. The van der Waals surface area contributed by atoms with Crippen LogP contribution in [0.1, 0.15) is 74.4 Å². The minimum Gasteiger partial charge on any atom is -0.493 e. The molecule has 0 aliphatic carbocycles. The average Bonchev–Trinajstić information content (AvgIpc) is 3.36. The highest BCUT2D eigenvalue weighted by Gasteiger charge is 2.22. The summed E-state index contributed by atoms with van der Waals surface area (Å²) in [5.74, 6) is 2.18. The Bertz CT molecular complexity index is 1130. The van der Waals surface area contributed by atoms with Gasteiger partial charge in [-0.05, 0) is 66.8 Å². The molecule has 0 atom stereocenters. The molecule has 0 radical (unpaired) electrons. The number of amides is 2. The maximum Gasteiger partial charge on any atom is 0.251 e. The lowest BCUT2D eigenvalue weighted by atomic mass is 10.0. The van der Waals surface area contributed by atoms with Crippen molar-refractivity contribution in [2.45, 2.75) is 66.0 Å². The Morgan fingerprint density at radius 1 is 1.03 bits per heavy atom. The van der Waals surface area contributed by atoms with Crippen molar-refractivity contribution >= 4 is 17.5 Å². The molecule has 0 bridgehead atoms. The number of carbonyl (C=O) groups excluding carboxylic acids is 2. The van der Waals surface area contributed by atoms with Gasteiger partial charge in [0.15, 0.2) is 11.5 Å². The normalized spacial score (nSPS) is 16.4. The molecule has 2 heterocycles. The smallest absolute Gasteiger partial charge is 0.251 e. The second-order valence-corrected chi connectivity index (χ2v) is 10.6. The first-order valence-corrected chi connectivity index (χ1v) is 13.7. The molecule has 2 amide bonds. The number of anilines is 1. The number of ether oxygens (including phenoxy) is 3. The average molecular weight is 524 g/mol. The molecule has 0 aromatic heterocycles. The van der Waals surface area contributed by atoms with Gasteiger partial charge in [0.1, 0.15) is 0 Å². The summed E-state index contributed by atoms with van der Waals surface area (Å²) in [4.78, 5) is 30.2. The second-order valence-electron chi connectivity index (χ2n) is 10.6. The quantitative estimate of drug-likeness (QED) is 0.566. The third-order valence-corrected chi connectivity index (χ3v) is 7.06. The van der Waals surface area contributed by atoms with Crippen LogP contribution in [-0.4, -0.2) is 50.3 Å². The number of benzene rings is 2. The molecule has 38 heavy (non-hydrogen) atoms. The summed E-state index contributed by atoms with van der Waals surface area (Å²) in [6.45, 7) is 9.96. The molecule has 1 N–H and O–H groups in total. The van der Waals surface area contributed by atoms with Gasteiger partial charge < -0.3 is 24.4 Å². The van der Waals surface area contributed by atoms with Gasteiger partial charge in [0, 0.05) is 44.4 Å². The lowest BCUT2D eigenvalue weighted by Gasteiger charge is -2.30. The maximum absolute atomic E-state index is 13.3. The molecule has 206 valence electrons. The Hall–Kier alpha value is -3.26. The van der Waals surface area contributed by atoms with Gasteiger partial charge in [0.2, 0.25) is 18.4 Å². The van der Waals surface area contributed by atoms with Crippen LogP contribution in [0.5, 0.6) is 17.2 Å². The Labute approximate surface area is 226 Å². The van der Waals surface area contributed by atoms with E-state index in [0.29, 0.717) is 48.4 Å². The second kappa shape index (κ2) is 13.0. The third-order valence-electron chi connectivity index (χ3n) is 7.06. The molecule has 0 saturated heterocycles. The fraction of sp³-hybridized carbons (Fsp3) is 0.533. The van der Waals surface area contributed by atoms with Crippen molar-refractivity contribution in [1.82, 2.24) is 10.2 Å². The largest absolute Gasteiger partial charge is 0.493 e. The molecule has 0 spiro atoms. The zero-order valence-electron chi connectivity index (χ0n) is 23.2. The molecule has 2 aromatic rings. The van der Waals surface area contributed by atoms with Gasteiger partial charge in [-0.3, -0.25) is 14.5 Å². The number of fused-ring (bicyclic) bond motifs is 2. The van der Waals surface area contributed by atoms with Gasteiger partial charge in [-0.1, -0.05) is 33.1 Å². The molecular formula is C30H41N3O5. The van der Waals surface area contributed by atoms with Crippen LogP contribution in [0.15, 0.2) is 30.3 Å². The lowest BCUT2D eigenvalue weighted by Crippen LogP contribution is -2.34. The van der Waals surface area contributed by atoms with E-state index in [4.69, 9.17) is 14.2 Å². The van der Waals surface area contributed by atoms with Gasteiger partial charge in [-0.25, -0.2) is 0 Å². The highest BCUT2D eigenvalue weighted by Crippen LogP contribution is 2.41. The van der Waals surface area contributed by atoms with Crippen LogP contribution in [0.4, 0.5) is 5.69 Å². The Balaban J connectivity index is 1.57. The number of carbonyl (C=O) groups is 2. The first kappa shape index (κ1) is 27.8. The van der Waals surface area contributed by atoms with Gasteiger partial charge in [-0.2, -0.15) is 0 Å². The molecule has 2 aromatic carbocycles. The SMILES string of the molecule is COc1cc(CNC(=O)c2ccc3c(c2)CN(CC(C)C)CCCCCCCN3C(C)=O)cc2c1OCO2. The molecule has 0 unspecified atom stereocenters. The van der Waals surface area contributed by atoms with E-state index >= 15 is 0 Å². The van der Waals surface area contributed by atoms with Gasteiger partial charge in [0.05, 0.1) is 7.11 Å². The Kier molecular flexibility index (Phi) is 9.50. The standard InChI is InChI=1S/C30H41N3O5/c1-21(2)18-32-12-8-6-5-7-9-13-33(22(3)34)26-11-10-24(16-25(26)19-32)30(35)31-17-23-14-27(36-4)29-28(15-23)37-20-38-29/h10-11,14-16,21H,5-9,12-13,17-20H2,1-4H3,(H,31,35). The topological polar surface area (TPSA) is 80.3 Å². The number of hydrogen-bond donors (Lipinski definition) is 1. The minimum atomic E-state index is -0.166. The summed E-state index contributed by atoms with van der Waals surface area (Å²) in [6, 6.07) is 9.43. The third kappa shape index (κ3) is 6.98. The van der Waals surface area contributed by atoms with Crippen LogP contribution >= 0.6 is 0 Å². The molecule has 2 aliphatic rings. The summed E-state index contributed by atoms with van der Waals surface area (Å²) in [5, 5.41) is 3.03. The number of nitrogens with one attached hydrogen (secondary N) is 1. The van der Waals surface area contributed by atoms with Gasteiger partial charge in [0.25, 0.3) is 5.91 Å². The highest BCUT2D eigenvalue weighted by molar-refractivity contribution is 5.97. The van der Waals surface area contributed by atoms with Gasteiger partial charge >= 0.3 is 0 Å². The zero-order valence-corrected chi connectivity index (χ0v) is 23.2. The lowest BCUT2D eigenvalue weighted by molar-refractivity contribution is -0.116. The monoisotopic (exact) mass is 523 g/mol. The molecular weight excluding hydrogens is 482 g/mol. The van der Waals surface area contributed by atoms with E-state index < -0.39 is 0 Å². The van der Waals surface area contributed by atoms with Crippen molar-refractivity contribution in [3.63, 3.8) is 0 Å². The van der Waals surface area contributed by atoms with Crippen LogP contribution in [0.2, 0.25) is 0 Å². The molecule has 0 fully saturated rings. The first-order valence-electron chi connectivity index (χ1n) is 13.7. The number of rotatable bonds is 6. The summed E-state index contributed by atoms with van der Waals surface area (Å²) < 4.78 is 16.4. The van der Waals surface area contributed by atoms with E-state index in [1.165, 1.54) is 12.8 Å². The van der Waals surface area contributed by atoms with Crippen molar-refractivity contribution < 1.29 is 23.8 Å². The molecule has 4 rings (SSSR count). The van der Waals surface area contributed by atoms with Crippen LogP contribution in [-0.2, 0) is 17.9 Å². The predicted molar refractivity (Wildman–Crippen MR) is 148 cm³/mol. The van der Waals surface area contributed by atoms with Crippen LogP contribution < -0.4 is 24.4 Å². The summed E-state index contributed by atoms with van der Waals surface area (Å²) in [5.41, 5.74) is 3.36. The number of nitrogens with zero attached hydrogens (tertiary/aromatic N) is 2. The van der Waals surface area contributed by atoms with Crippen LogP contribution in [0, 0.1) is 5.92 Å². The van der Waals surface area contributed by atoms with E-state index in [1.807, 2.05) is 35.2 Å². The fourth-order valence-electron chi connectivity index (χ4n) is 5.26. The Morgan fingerprint density at radius 3 is 2.53 bits per heavy atom. The van der Waals surface area contributed by atoms with Crippen molar-refractivity contribution in [2.75, 3.05) is 38.4 Å². The van der Waals surface area contributed by atoms with E-state index in [9.17, 15) is 9.59 Å². The number of hydrogen-bond acceptors (Lipinski definition) is 6. The first-order chi connectivity index (χ1) is 18.4. The summed E-state index contributed by atoms with van der Waals surface area (Å²) in [6.07, 6.45) is 5.67. The van der Waals surface area contributed by atoms with E-state index in [0.717, 1.165) is 49.2 Å².